The van der Waals surface area contributed by atoms with Crippen LogP contribution in [-0.2, 0) is 4.74 Å². The van der Waals surface area contributed by atoms with Crippen LogP contribution in [0.1, 0.15) is 32.1 Å². The van der Waals surface area contributed by atoms with Crippen molar-refractivity contribution in [3.05, 3.63) is 0 Å². The predicted octanol–water partition coefficient (Wildman–Crippen LogP) is 1.33. The first-order valence-electron chi connectivity index (χ1n) is 4.60. The minimum atomic E-state index is 0.165. The van der Waals surface area contributed by atoms with Crippen molar-refractivity contribution in [1.29, 1.82) is 0 Å². The van der Waals surface area contributed by atoms with Gasteiger partial charge in [0.15, 0.2) is 0 Å². The van der Waals surface area contributed by atoms with Gasteiger partial charge in [-0.1, -0.05) is 12.8 Å². The van der Waals surface area contributed by atoms with Crippen molar-refractivity contribution >= 4 is 0 Å². The number of hydrogen-bond donors (Lipinski definition) is 1. The van der Waals surface area contributed by atoms with Crippen molar-refractivity contribution in [2.24, 2.45) is 5.41 Å². The first-order chi connectivity index (χ1) is 5.37. The van der Waals surface area contributed by atoms with Crippen molar-refractivity contribution in [1.82, 2.24) is 0 Å². The number of rotatable bonds is 1. The molecule has 1 heterocycles. The highest BCUT2D eigenvalue weighted by Gasteiger charge is 2.44. The Morgan fingerprint density at radius 1 is 1.36 bits per heavy atom. The lowest BCUT2D eigenvalue weighted by atomic mass is 9.72. The minimum Gasteiger partial charge on any atom is -0.396 e. The third kappa shape index (κ3) is 1.09. The van der Waals surface area contributed by atoms with Gasteiger partial charge in [0, 0.05) is 12.0 Å². The Morgan fingerprint density at radius 2 is 2.27 bits per heavy atom. The van der Waals surface area contributed by atoms with Gasteiger partial charge in [-0.2, -0.15) is 0 Å². The highest BCUT2D eigenvalue weighted by molar-refractivity contribution is 4.93. The second-order valence-corrected chi connectivity index (χ2v) is 3.88. The molecule has 1 saturated heterocycles. The number of hydrogen-bond acceptors (Lipinski definition) is 2. The Labute approximate surface area is 67.6 Å². The maximum Gasteiger partial charge on any atom is 0.0654 e. The van der Waals surface area contributed by atoms with Crippen LogP contribution in [0, 0.1) is 5.41 Å². The summed E-state index contributed by atoms with van der Waals surface area (Å²) in [5.74, 6) is 0. The molecule has 0 spiro atoms. The van der Waals surface area contributed by atoms with Crippen LogP contribution in [0.4, 0.5) is 0 Å². The van der Waals surface area contributed by atoms with Crippen molar-refractivity contribution in [2.75, 3.05) is 13.2 Å². The summed E-state index contributed by atoms with van der Waals surface area (Å²) in [4.78, 5) is 0. The number of fused-ring (bicyclic) bond motifs is 1. The minimum absolute atomic E-state index is 0.165. The fourth-order valence-electron chi connectivity index (χ4n) is 2.48. The Hall–Kier alpha value is -0.0800. The lowest BCUT2D eigenvalue weighted by Gasteiger charge is -2.36. The van der Waals surface area contributed by atoms with Gasteiger partial charge in [-0.3, -0.25) is 0 Å². The molecule has 2 rings (SSSR count). The SMILES string of the molecule is OCC12CCCCC1OCC2. The van der Waals surface area contributed by atoms with Gasteiger partial charge in [0.25, 0.3) is 0 Å². The summed E-state index contributed by atoms with van der Waals surface area (Å²) >= 11 is 0. The van der Waals surface area contributed by atoms with E-state index in [4.69, 9.17) is 4.74 Å². The van der Waals surface area contributed by atoms with Crippen LogP contribution >= 0.6 is 0 Å². The van der Waals surface area contributed by atoms with Gasteiger partial charge in [0.2, 0.25) is 0 Å². The maximum atomic E-state index is 9.27. The summed E-state index contributed by atoms with van der Waals surface area (Å²) < 4.78 is 5.59. The molecule has 0 aromatic rings. The molecule has 1 aliphatic carbocycles. The summed E-state index contributed by atoms with van der Waals surface area (Å²) in [7, 11) is 0. The number of ether oxygens (including phenoxy) is 1. The molecule has 1 N–H and O–H groups in total. The molecule has 0 aromatic heterocycles. The molecule has 1 saturated carbocycles. The van der Waals surface area contributed by atoms with Crippen LogP contribution in [0.15, 0.2) is 0 Å². The molecule has 0 amide bonds. The highest BCUT2D eigenvalue weighted by atomic mass is 16.5. The van der Waals surface area contributed by atoms with E-state index >= 15 is 0 Å². The van der Waals surface area contributed by atoms with Crippen molar-refractivity contribution < 1.29 is 9.84 Å². The third-order valence-electron chi connectivity index (χ3n) is 3.31. The van der Waals surface area contributed by atoms with Crippen LogP contribution in [0.3, 0.4) is 0 Å². The molecule has 0 bridgehead atoms. The zero-order valence-electron chi connectivity index (χ0n) is 6.88. The first-order valence-corrected chi connectivity index (χ1v) is 4.60. The lowest BCUT2D eigenvalue weighted by molar-refractivity contribution is -0.0143. The van der Waals surface area contributed by atoms with Crippen LogP contribution in [0.25, 0.3) is 0 Å². The smallest absolute Gasteiger partial charge is 0.0654 e. The van der Waals surface area contributed by atoms with Gasteiger partial charge < -0.3 is 9.84 Å². The predicted molar refractivity (Wildman–Crippen MR) is 42.3 cm³/mol. The average Bonchev–Trinajstić information content (AvgIpc) is 2.48. The molecule has 0 aromatic carbocycles. The first kappa shape index (κ1) is 7.56. The van der Waals surface area contributed by atoms with Gasteiger partial charge >= 0.3 is 0 Å². The Balaban J connectivity index is 2.12. The monoisotopic (exact) mass is 156 g/mol. The molecule has 64 valence electrons. The van der Waals surface area contributed by atoms with Gasteiger partial charge in [-0.25, -0.2) is 0 Å². The summed E-state index contributed by atoms with van der Waals surface area (Å²) in [5.41, 5.74) is 0.165. The normalized spacial score (nSPS) is 43.9. The third-order valence-corrected chi connectivity index (χ3v) is 3.31. The van der Waals surface area contributed by atoms with E-state index in [-0.39, 0.29) is 5.41 Å². The van der Waals surface area contributed by atoms with Gasteiger partial charge in [0.1, 0.15) is 0 Å². The molecule has 0 radical (unpaired) electrons. The number of aliphatic hydroxyl groups is 1. The van der Waals surface area contributed by atoms with Crippen molar-refractivity contribution in [3.8, 4) is 0 Å². The molecule has 2 fully saturated rings. The molecule has 2 nitrogen and oxygen atoms in total. The average molecular weight is 156 g/mol. The fraction of sp³-hybridized carbons (Fsp3) is 1.00. The van der Waals surface area contributed by atoms with E-state index in [0.717, 1.165) is 13.0 Å². The topological polar surface area (TPSA) is 29.5 Å². The van der Waals surface area contributed by atoms with Gasteiger partial charge in [0.05, 0.1) is 12.7 Å². The van der Waals surface area contributed by atoms with Crippen molar-refractivity contribution in [3.63, 3.8) is 0 Å². The number of aliphatic hydroxyl groups excluding tert-OH is 1. The molecule has 11 heavy (non-hydrogen) atoms. The molecule has 2 heteroatoms. The summed E-state index contributed by atoms with van der Waals surface area (Å²) in [5, 5.41) is 9.27. The van der Waals surface area contributed by atoms with Gasteiger partial charge in [-0.05, 0) is 19.3 Å². The molecule has 2 atom stereocenters. The Kier molecular flexibility index (Phi) is 1.90. The zero-order valence-corrected chi connectivity index (χ0v) is 6.88. The quantitative estimate of drug-likeness (QED) is 0.620. The second kappa shape index (κ2) is 2.76. The Bertz CT molecular complexity index is 146. The van der Waals surface area contributed by atoms with E-state index in [1.165, 1.54) is 25.7 Å². The van der Waals surface area contributed by atoms with Crippen LogP contribution in [0.2, 0.25) is 0 Å². The summed E-state index contributed by atoms with van der Waals surface area (Å²) in [6.45, 7) is 1.20. The van der Waals surface area contributed by atoms with Crippen LogP contribution in [0.5, 0.6) is 0 Å². The largest absolute Gasteiger partial charge is 0.396 e. The molecule has 2 unspecified atom stereocenters. The lowest BCUT2D eigenvalue weighted by Crippen LogP contribution is -2.37. The van der Waals surface area contributed by atoms with E-state index in [2.05, 4.69) is 0 Å². The van der Waals surface area contributed by atoms with E-state index < -0.39 is 0 Å². The zero-order chi connectivity index (χ0) is 7.73. The Morgan fingerprint density at radius 3 is 3.00 bits per heavy atom. The van der Waals surface area contributed by atoms with Crippen LogP contribution in [-0.4, -0.2) is 24.4 Å². The fourth-order valence-corrected chi connectivity index (χ4v) is 2.48. The molecule has 2 aliphatic rings. The van der Waals surface area contributed by atoms with Crippen molar-refractivity contribution in [2.45, 2.75) is 38.2 Å². The maximum absolute atomic E-state index is 9.27. The van der Waals surface area contributed by atoms with Gasteiger partial charge in [-0.15, -0.1) is 0 Å². The van der Waals surface area contributed by atoms with E-state index in [1.807, 2.05) is 0 Å². The van der Waals surface area contributed by atoms with E-state index in [9.17, 15) is 5.11 Å². The molecular weight excluding hydrogens is 140 g/mol. The highest BCUT2D eigenvalue weighted by Crippen LogP contribution is 2.44. The van der Waals surface area contributed by atoms with E-state index in [1.54, 1.807) is 0 Å². The standard InChI is InChI=1S/C9H16O2/c10-7-9-4-2-1-3-8(9)11-6-5-9/h8,10H,1-7H2. The second-order valence-electron chi connectivity index (χ2n) is 3.88. The summed E-state index contributed by atoms with van der Waals surface area (Å²) in [6, 6.07) is 0. The summed E-state index contributed by atoms with van der Waals surface area (Å²) in [6.07, 6.45) is 6.36. The molecular formula is C9H16O2. The van der Waals surface area contributed by atoms with E-state index in [0.29, 0.717) is 12.7 Å². The molecule has 1 aliphatic heterocycles. The van der Waals surface area contributed by atoms with Crippen LogP contribution < -0.4 is 0 Å².